The predicted octanol–water partition coefficient (Wildman–Crippen LogP) is 3.10. The van der Waals surface area contributed by atoms with Crippen molar-refractivity contribution in [1.29, 1.82) is 0 Å². The van der Waals surface area contributed by atoms with Gasteiger partial charge < -0.3 is 4.74 Å². The summed E-state index contributed by atoms with van der Waals surface area (Å²) in [6.45, 7) is 4.05. The molecule has 0 aliphatic heterocycles. The number of halogens is 2. The van der Waals surface area contributed by atoms with E-state index < -0.39 is 0 Å². The third-order valence-electron chi connectivity index (χ3n) is 2.96. The fourth-order valence-electron chi connectivity index (χ4n) is 1.57. The van der Waals surface area contributed by atoms with Gasteiger partial charge in [-0.2, -0.15) is 0 Å². The number of ether oxygens (including phenoxy) is 1. The van der Waals surface area contributed by atoms with Crippen LogP contribution in [-0.4, -0.2) is 17.7 Å². The quantitative estimate of drug-likeness (QED) is 0.625. The van der Waals surface area contributed by atoms with Crippen molar-refractivity contribution in [3.8, 4) is 0 Å². The number of rotatable bonds is 6. The standard InChI is InChI=1S/C12H19Cl2N3O/c1-12(2,18-3)5-4-10(17-15)11-9(14)6-8(13)7-16-11/h6-7,10,17H,4-5,15H2,1-3H3. The van der Waals surface area contributed by atoms with Gasteiger partial charge in [0, 0.05) is 13.3 Å². The molecule has 1 heterocycles. The largest absolute Gasteiger partial charge is 0.379 e. The van der Waals surface area contributed by atoms with Gasteiger partial charge in [-0.05, 0) is 32.8 Å². The Labute approximate surface area is 118 Å². The molecule has 0 saturated carbocycles. The highest BCUT2D eigenvalue weighted by molar-refractivity contribution is 6.34. The van der Waals surface area contributed by atoms with E-state index in [1.54, 1.807) is 19.4 Å². The molecule has 1 atom stereocenters. The zero-order valence-corrected chi connectivity index (χ0v) is 12.3. The molecule has 0 spiro atoms. The Hall–Kier alpha value is -0.390. The Morgan fingerprint density at radius 3 is 2.67 bits per heavy atom. The van der Waals surface area contributed by atoms with Crippen LogP contribution in [0.15, 0.2) is 12.3 Å². The van der Waals surface area contributed by atoms with Gasteiger partial charge in [0.2, 0.25) is 0 Å². The Kier molecular flexibility index (Phi) is 5.82. The van der Waals surface area contributed by atoms with Gasteiger partial charge in [-0.25, -0.2) is 0 Å². The van der Waals surface area contributed by atoms with Crippen molar-refractivity contribution >= 4 is 23.2 Å². The number of hydrogen-bond donors (Lipinski definition) is 2. The maximum Gasteiger partial charge on any atom is 0.0773 e. The third-order valence-corrected chi connectivity index (χ3v) is 3.46. The van der Waals surface area contributed by atoms with Crippen LogP contribution in [0.3, 0.4) is 0 Å². The van der Waals surface area contributed by atoms with Crippen LogP contribution in [0.2, 0.25) is 10.0 Å². The average molecular weight is 292 g/mol. The minimum atomic E-state index is -0.200. The van der Waals surface area contributed by atoms with Crippen molar-refractivity contribution in [1.82, 2.24) is 10.4 Å². The van der Waals surface area contributed by atoms with E-state index in [2.05, 4.69) is 10.4 Å². The lowest BCUT2D eigenvalue weighted by molar-refractivity contribution is 0.0116. The summed E-state index contributed by atoms with van der Waals surface area (Å²) in [5.41, 5.74) is 3.23. The van der Waals surface area contributed by atoms with Crippen LogP contribution in [0.1, 0.15) is 38.4 Å². The molecule has 0 bridgehead atoms. The highest BCUT2D eigenvalue weighted by Gasteiger charge is 2.21. The molecule has 1 rings (SSSR count). The van der Waals surface area contributed by atoms with Gasteiger partial charge in [-0.15, -0.1) is 0 Å². The molecule has 0 aliphatic carbocycles. The van der Waals surface area contributed by atoms with Gasteiger partial charge in [0.1, 0.15) is 0 Å². The lowest BCUT2D eigenvalue weighted by Gasteiger charge is -2.25. The highest BCUT2D eigenvalue weighted by Crippen LogP contribution is 2.28. The first-order valence-corrected chi connectivity index (χ1v) is 6.47. The molecule has 3 N–H and O–H groups in total. The molecule has 1 unspecified atom stereocenters. The Morgan fingerprint density at radius 1 is 1.50 bits per heavy atom. The predicted molar refractivity (Wildman–Crippen MR) is 74.6 cm³/mol. The molecule has 0 fully saturated rings. The highest BCUT2D eigenvalue weighted by atomic mass is 35.5. The van der Waals surface area contributed by atoms with E-state index in [4.69, 9.17) is 33.8 Å². The van der Waals surface area contributed by atoms with Gasteiger partial charge >= 0.3 is 0 Å². The van der Waals surface area contributed by atoms with E-state index in [0.717, 1.165) is 12.8 Å². The van der Waals surface area contributed by atoms with Crippen molar-refractivity contribution in [3.63, 3.8) is 0 Å². The molecule has 0 aliphatic rings. The molecule has 0 radical (unpaired) electrons. The fraction of sp³-hybridized carbons (Fsp3) is 0.583. The summed E-state index contributed by atoms with van der Waals surface area (Å²) < 4.78 is 5.37. The second-order valence-corrected chi connectivity index (χ2v) is 5.59. The van der Waals surface area contributed by atoms with Crippen LogP contribution < -0.4 is 11.3 Å². The molecule has 4 nitrogen and oxygen atoms in total. The van der Waals surface area contributed by atoms with E-state index in [1.807, 2.05) is 13.8 Å². The molecular formula is C12H19Cl2N3O. The fourth-order valence-corrected chi connectivity index (χ4v) is 2.09. The third kappa shape index (κ3) is 4.37. The van der Waals surface area contributed by atoms with Gasteiger partial charge in [0.25, 0.3) is 0 Å². The van der Waals surface area contributed by atoms with Gasteiger partial charge in [0.05, 0.1) is 27.4 Å². The number of aromatic nitrogens is 1. The normalized spacial score (nSPS) is 13.7. The van der Waals surface area contributed by atoms with Crippen molar-refractivity contribution in [3.05, 3.63) is 28.0 Å². The van der Waals surface area contributed by atoms with Crippen LogP contribution in [0, 0.1) is 0 Å². The number of hydrazine groups is 1. The lowest BCUT2D eigenvalue weighted by atomic mass is 9.97. The van der Waals surface area contributed by atoms with Gasteiger partial charge in [0.15, 0.2) is 0 Å². The van der Waals surface area contributed by atoms with Crippen molar-refractivity contribution in [2.75, 3.05) is 7.11 Å². The lowest BCUT2D eigenvalue weighted by Crippen LogP contribution is -2.31. The Bertz CT molecular complexity index is 399. The Morgan fingerprint density at radius 2 is 2.17 bits per heavy atom. The summed E-state index contributed by atoms with van der Waals surface area (Å²) in [7, 11) is 1.69. The number of nitrogens with two attached hydrogens (primary N) is 1. The summed E-state index contributed by atoms with van der Waals surface area (Å²) in [6.07, 6.45) is 3.17. The SMILES string of the molecule is COC(C)(C)CCC(NN)c1ncc(Cl)cc1Cl. The van der Waals surface area contributed by atoms with Crippen molar-refractivity contribution < 1.29 is 4.74 Å². The van der Waals surface area contributed by atoms with Crippen molar-refractivity contribution in [2.45, 2.75) is 38.3 Å². The summed E-state index contributed by atoms with van der Waals surface area (Å²) in [5, 5.41) is 1.03. The first-order valence-electron chi connectivity index (χ1n) is 5.72. The first kappa shape index (κ1) is 15.7. The van der Waals surface area contributed by atoms with Gasteiger partial charge in [-0.1, -0.05) is 23.2 Å². The molecule has 18 heavy (non-hydrogen) atoms. The topological polar surface area (TPSA) is 60.2 Å². The molecule has 0 amide bonds. The van der Waals surface area contributed by atoms with Crippen LogP contribution in [0.4, 0.5) is 0 Å². The van der Waals surface area contributed by atoms with Crippen LogP contribution in [0.5, 0.6) is 0 Å². The molecule has 1 aromatic rings. The monoisotopic (exact) mass is 291 g/mol. The maximum absolute atomic E-state index is 6.11. The first-order chi connectivity index (χ1) is 8.39. The van der Waals surface area contributed by atoms with Crippen LogP contribution >= 0.6 is 23.2 Å². The smallest absolute Gasteiger partial charge is 0.0773 e. The van der Waals surface area contributed by atoms with Gasteiger partial charge in [-0.3, -0.25) is 16.3 Å². The molecular weight excluding hydrogens is 273 g/mol. The molecule has 102 valence electrons. The summed E-state index contributed by atoms with van der Waals surface area (Å²) in [4.78, 5) is 4.23. The number of pyridine rings is 1. The van der Waals surface area contributed by atoms with E-state index >= 15 is 0 Å². The molecule has 1 aromatic heterocycles. The number of nitrogens with one attached hydrogen (secondary N) is 1. The molecule has 6 heteroatoms. The minimum absolute atomic E-state index is 0.121. The summed E-state index contributed by atoms with van der Waals surface area (Å²) in [6, 6.07) is 1.54. The number of methoxy groups -OCH3 is 1. The van der Waals surface area contributed by atoms with Crippen molar-refractivity contribution in [2.24, 2.45) is 5.84 Å². The van der Waals surface area contributed by atoms with Crippen LogP contribution in [-0.2, 0) is 4.74 Å². The zero-order chi connectivity index (χ0) is 13.8. The summed E-state index contributed by atoms with van der Waals surface area (Å²) in [5.74, 6) is 5.56. The minimum Gasteiger partial charge on any atom is -0.379 e. The molecule has 0 saturated heterocycles. The zero-order valence-electron chi connectivity index (χ0n) is 10.8. The average Bonchev–Trinajstić information content (AvgIpc) is 2.32. The van der Waals surface area contributed by atoms with E-state index in [-0.39, 0.29) is 11.6 Å². The van der Waals surface area contributed by atoms with E-state index in [0.29, 0.717) is 15.7 Å². The summed E-state index contributed by atoms with van der Waals surface area (Å²) >= 11 is 11.9. The number of hydrogen-bond acceptors (Lipinski definition) is 4. The molecule has 0 aromatic carbocycles. The van der Waals surface area contributed by atoms with E-state index in [1.165, 1.54) is 0 Å². The second kappa shape index (κ2) is 6.68. The Balaban J connectivity index is 2.77. The number of nitrogens with zero attached hydrogens (tertiary/aromatic N) is 1. The second-order valence-electron chi connectivity index (χ2n) is 4.74. The van der Waals surface area contributed by atoms with E-state index in [9.17, 15) is 0 Å². The van der Waals surface area contributed by atoms with Crippen LogP contribution in [0.25, 0.3) is 0 Å². The maximum atomic E-state index is 6.11.